The van der Waals surface area contributed by atoms with E-state index >= 15 is 0 Å². The lowest BCUT2D eigenvalue weighted by atomic mass is 10.0. The third-order valence-electron chi connectivity index (χ3n) is 3.75. The molecule has 4 nitrogen and oxygen atoms in total. The molecule has 1 aromatic heterocycles. The highest BCUT2D eigenvalue weighted by Crippen LogP contribution is 2.36. The number of rotatable bonds is 5. The maximum atomic E-state index is 10.7. The number of anilines is 1. The molecule has 0 aliphatic carbocycles. The van der Waals surface area contributed by atoms with E-state index in [0.717, 1.165) is 27.9 Å². The first-order valence-corrected chi connectivity index (χ1v) is 8.90. The van der Waals surface area contributed by atoms with Crippen molar-refractivity contribution in [3.63, 3.8) is 0 Å². The van der Waals surface area contributed by atoms with Gasteiger partial charge in [-0.2, -0.15) is 5.10 Å². The average molecular weight is 360 g/mol. The summed E-state index contributed by atoms with van der Waals surface area (Å²) in [6.07, 6.45) is 0.102. The molecule has 0 fully saturated rings. The molecule has 0 saturated carbocycles. The zero-order valence-electron chi connectivity index (χ0n) is 13.5. The molecular formula is C18H18ClN3OS. The van der Waals surface area contributed by atoms with Gasteiger partial charge in [-0.3, -0.25) is 5.43 Å². The molecule has 0 aliphatic rings. The number of aliphatic hydroxyl groups is 1. The molecule has 0 saturated heterocycles. The number of hydrogen-bond acceptors (Lipinski definition) is 5. The predicted octanol–water partition coefficient (Wildman–Crippen LogP) is 5.23. The van der Waals surface area contributed by atoms with Crippen LogP contribution in [0.3, 0.4) is 0 Å². The average Bonchev–Trinajstić information content (AvgIpc) is 3.01. The van der Waals surface area contributed by atoms with E-state index in [2.05, 4.69) is 15.5 Å². The van der Waals surface area contributed by atoms with Gasteiger partial charge in [0.25, 0.3) is 0 Å². The van der Waals surface area contributed by atoms with Gasteiger partial charge in [0, 0.05) is 16.3 Å². The first-order valence-electron chi connectivity index (χ1n) is 7.70. The van der Waals surface area contributed by atoms with Crippen LogP contribution in [0.25, 0.3) is 10.2 Å². The molecule has 124 valence electrons. The second-order valence-electron chi connectivity index (χ2n) is 5.49. The molecule has 2 aromatic carbocycles. The number of nitrogens with one attached hydrogen (secondary N) is 1. The summed E-state index contributed by atoms with van der Waals surface area (Å²) >= 11 is 7.70. The Morgan fingerprint density at radius 3 is 2.79 bits per heavy atom. The van der Waals surface area contributed by atoms with Gasteiger partial charge in [0.05, 0.1) is 10.2 Å². The van der Waals surface area contributed by atoms with Gasteiger partial charge in [-0.05, 0) is 31.0 Å². The Kier molecular flexibility index (Phi) is 5.14. The van der Waals surface area contributed by atoms with Crippen molar-refractivity contribution in [1.82, 2.24) is 4.98 Å². The molecule has 0 amide bonds. The summed E-state index contributed by atoms with van der Waals surface area (Å²) in [7, 11) is 0. The van der Waals surface area contributed by atoms with Crippen molar-refractivity contribution in [2.24, 2.45) is 5.10 Å². The van der Waals surface area contributed by atoms with Crippen LogP contribution in [-0.2, 0) is 0 Å². The standard InChI is InChI=1S/C18H18ClN3OS/c1-3-11(2)21-22-18-20-16-14(9-13(19)10-15(16)24-18)17(23)12-7-5-4-6-8-12/h4-10,17,23H,3H2,1-2H3,(H,20,22)/b21-11-. The van der Waals surface area contributed by atoms with E-state index in [9.17, 15) is 5.11 Å². The lowest BCUT2D eigenvalue weighted by molar-refractivity contribution is 0.221. The van der Waals surface area contributed by atoms with Crippen molar-refractivity contribution in [2.45, 2.75) is 26.4 Å². The Labute approximate surface area is 149 Å². The third-order valence-corrected chi connectivity index (χ3v) is 4.88. The molecule has 2 N–H and O–H groups in total. The summed E-state index contributed by atoms with van der Waals surface area (Å²) in [5.74, 6) is 0. The van der Waals surface area contributed by atoms with Gasteiger partial charge in [-0.1, -0.05) is 60.2 Å². The molecule has 6 heteroatoms. The van der Waals surface area contributed by atoms with E-state index in [4.69, 9.17) is 11.6 Å². The number of nitrogens with zero attached hydrogens (tertiary/aromatic N) is 2. The highest BCUT2D eigenvalue weighted by atomic mass is 35.5. The van der Waals surface area contributed by atoms with E-state index in [1.54, 1.807) is 6.07 Å². The lowest BCUT2D eigenvalue weighted by Gasteiger charge is -2.12. The van der Waals surface area contributed by atoms with Gasteiger partial charge < -0.3 is 5.11 Å². The maximum Gasteiger partial charge on any atom is 0.204 e. The highest BCUT2D eigenvalue weighted by molar-refractivity contribution is 7.22. The quantitative estimate of drug-likeness (QED) is 0.484. The number of hydrogen-bond donors (Lipinski definition) is 2. The van der Waals surface area contributed by atoms with Gasteiger partial charge in [-0.25, -0.2) is 4.98 Å². The van der Waals surface area contributed by atoms with Gasteiger partial charge in [0.15, 0.2) is 0 Å². The molecule has 0 spiro atoms. The number of aliphatic hydroxyl groups excluding tert-OH is 1. The number of thiazole rings is 1. The maximum absolute atomic E-state index is 10.7. The van der Waals surface area contributed by atoms with E-state index < -0.39 is 6.10 Å². The first kappa shape index (κ1) is 16.9. The van der Waals surface area contributed by atoms with Crippen LogP contribution in [0.5, 0.6) is 0 Å². The molecule has 3 aromatic rings. The Morgan fingerprint density at radius 1 is 1.33 bits per heavy atom. The summed E-state index contributed by atoms with van der Waals surface area (Å²) in [6.45, 7) is 4.01. The Balaban J connectivity index is 2.03. The van der Waals surface area contributed by atoms with Crippen LogP contribution in [-0.4, -0.2) is 15.8 Å². The molecular weight excluding hydrogens is 342 g/mol. The number of hydrazone groups is 1. The summed E-state index contributed by atoms with van der Waals surface area (Å²) in [4.78, 5) is 4.59. The molecule has 0 aliphatic heterocycles. The molecule has 0 bridgehead atoms. The summed E-state index contributed by atoms with van der Waals surface area (Å²) in [6, 6.07) is 13.1. The second-order valence-corrected chi connectivity index (χ2v) is 6.95. The first-order chi connectivity index (χ1) is 11.6. The van der Waals surface area contributed by atoms with Gasteiger partial charge in [0.2, 0.25) is 5.13 Å². The normalized spacial score (nSPS) is 13.2. The van der Waals surface area contributed by atoms with Crippen LogP contribution in [0.1, 0.15) is 37.5 Å². The van der Waals surface area contributed by atoms with Gasteiger partial charge in [0.1, 0.15) is 6.10 Å². The minimum absolute atomic E-state index is 0.580. The topological polar surface area (TPSA) is 57.5 Å². The minimum atomic E-state index is -0.775. The minimum Gasteiger partial charge on any atom is -0.384 e. The molecule has 1 unspecified atom stereocenters. The SMILES string of the molecule is CC/C(C)=N\Nc1nc2c(C(O)c3ccccc3)cc(Cl)cc2s1. The molecule has 24 heavy (non-hydrogen) atoms. The smallest absolute Gasteiger partial charge is 0.204 e. The highest BCUT2D eigenvalue weighted by Gasteiger charge is 2.17. The van der Waals surface area contributed by atoms with Crippen molar-refractivity contribution < 1.29 is 5.11 Å². The number of halogens is 1. The fourth-order valence-corrected chi connectivity index (χ4v) is 3.49. The van der Waals surface area contributed by atoms with Crippen molar-refractivity contribution in [2.75, 3.05) is 5.43 Å². The number of benzene rings is 2. The van der Waals surface area contributed by atoms with Crippen LogP contribution in [0.4, 0.5) is 5.13 Å². The van der Waals surface area contributed by atoms with Crippen LogP contribution in [0.2, 0.25) is 5.02 Å². The molecule has 1 heterocycles. The number of aromatic nitrogens is 1. The zero-order valence-corrected chi connectivity index (χ0v) is 15.0. The summed E-state index contributed by atoms with van der Waals surface area (Å²) in [5, 5.41) is 16.3. The number of fused-ring (bicyclic) bond motifs is 1. The summed E-state index contributed by atoms with van der Waals surface area (Å²) in [5.41, 5.74) is 6.23. The van der Waals surface area contributed by atoms with Crippen molar-refractivity contribution in [1.29, 1.82) is 0 Å². The van der Waals surface area contributed by atoms with E-state index in [0.29, 0.717) is 15.7 Å². The Hall–Kier alpha value is -1.95. The van der Waals surface area contributed by atoms with Crippen LogP contribution in [0.15, 0.2) is 47.6 Å². The molecule has 3 rings (SSSR count). The zero-order chi connectivity index (χ0) is 17.1. The molecule has 0 radical (unpaired) electrons. The van der Waals surface area contributed by atoms with E-state index in [-0.39, 0.29) is 0 Å². The largest absolute Gasteiger partial charge is 0.384 e. The predicted molar refractivity (Wildman–Crippen MR) is 102 cm³/mol. The monoisotopic (exact) mass is 359 g/mol. The van der Waals surface area contributed by atoms with Crippen molar-refractivity contribution in [3.05, 3.63) is 58.6 Å². The Morgan fingerprint density at radius 2 is 2.08 bits per heavy atom. The van der Waals surface area contributed by atoms with Crippen LogP contribution in [0, 0.1) is 0 Å². The lowest BCUT2D eigenvalue weighted by Crippen LogP contribution is -2.00. The van der Waals surface area contributed by atoms with E-state index in [1.165, 1.54) is 11.3 Å². The van der Waals surface area contributed by atoms with Gasteiger partial charge >= 0.3 is 0 Å². The van der Waals surface area contributed by atoms with Crippen molar-refractivity contribution in [3.8, 4) is 0 Å². The van der Waals surface area contributed by atoms with Crippen molar-refractivity contribution >= 4 is 44.0 Å². The van der Waals surface area contributed by atoms with Crippen LogP contribution < -0.4 is 5.43 Å². The third kappa shape index (κ3) is 3.59. The Bertz CT molecular complexity index is 877. The van der Waals surface area contributed by atoms with E-state index in [1.807, 2.05) is 50.2 Å². The van der Waals surface area contributed by atoms with Gasteiger partial charge in [-0.15, -0.1) is 0 Å². The van der Waals surface area contributed by atoms with Crippen LogP contribution >= 0.6 is 22.9 Å². The fraction of sp³-hybridized carbons (Fsp3) is 0.222. The molecule has 1 atom stereocenters. The fourth-order valence-electron chi connectivity index (χ4n) is 2.31. The summed E-state index contributed by atoms with van der Waals surface area (Å²) < 4.78 is 0.916. The second kappa shape index (κ2) is 7.30.